The van der Waals surface area contributed by atoms with Crippen molar-refractivity contribution in [2.45, 2.75) is 6.92 Å². The Labute approximate surface area is 76.5 Å². The van der Waals surface area contributed by atoms with Crippen LogP contribution in [0.25, 0.3) is 10.8 Å². The van der Waals surface area contributed by atoms with Crippen molar-refractivity contribution < 1.29 is 0 Å². The smallest absolute Gasteiger partial charge is 0.0998 e. The van der Waals surface area contributed by atoms with Crippen LogP contribution >= 0.6 is 0 Å². The second-order valence-electron chi connectivity index (χ2n) is 2.96. The van der Waals surface area contributed by atoms with Crippen molar-refractivity contribution in [3.05, 3.63) is 41.7 Å². The lowest BCUT2D eigenvalue weighted by Crippen LogP contribution is -1.84. The van der Waals surface area contributed by atoms with E-state index in [1.807, 2.05) is 25.1 Å². The van der Waals surface area contributed by atoms with Gasteiger partial charge in [0.15, 0.2) is 0 Å². The van der Waals surface area contributed by atoms with Crippen molar-refractivity contribution in [1.29, 1.82) is 5.26 Å². The number of hydrogen-bond donors (Lipinski definition) is 0. The summed E-state index contributed by atoms with van der Waals surface area (Å²) in [5.74, 6) is 0. The van der Waals surface area contributed by atoms with E-state index in [1.165, 1.54) is 0 Å². The number of aromatic nitrogens is 1. The lowest BCUT2D eigenvalue weighted by molar-refractivity contribution is 1.22. The highest BCUT2D eigenvalue weighted by atomic mass is 14.7. The monoisotopic (exact) mass is 168 g/mol. The topological polar surface area (TPSA) is 36.7 Å². The van der Waals surface area contributed by atoms with E-state index in [9.17, 15) is 0 Å². The standard InChI is InChI=1S/C11H8N2/c1-8-5-9-3-2-4-10(6-12)11(9)7-13-8/h2-5,7H,1H3. The number of nitrogens with zero attached hydrogens (tertiary/aromatic N) is 2. The minimum absolute atomic E-state index is 0.685. The van der Waals surface area contributed by atoms with E-state index >= 15 is 0 Å². The van der Waals surface area contributed by atoms with E-state index in [4.69, 9.17) is 5.26 Å². The summed E-state index contributed by atoms with van der Waals surface area (Å²) in [6, 6.07) is 9.82. The SMILES string of the molecule is Cc1cc2cccc(C#N)c2cn1. The van der Waals surface area contributed by atoms with E-state index in [0.29, 0.717) is 5.56 Å². The zero-order chi connectivity index (χ0) is 9.26. The van der Waals surface area contributed by atoms with Gasteiger partial charge in [-0.25, -0.2) is 0 Å². The van der Waals surface area contributed by atoms with Gasteiger partial charge in [-0.3, -0.25) is 4.98 Å². The molecule has 62 valence electrons. The molecule has 2 aromatic rings. The van der Waals surface area contributed by atoms with E-state index in [1.54, 1.807) is 12.3 Å². The predicted octanol–water partition coefficient (Wildman–Crippen LogP) is 2.41. The van der Waals surface area contributed by atoms with Crippen LogP contribution in [-0.4, -0.2) is 4.98 Å². The normalized spacial score (nSPS) is 9.85. The minimum atomic E-state index is 0.685. The van der Waals surface area contributed by atoms with Gasteiger partial charge in [0.2, 0.25) is 0 Å². The first-order valence-corrected chi connectivity index (χ1v) is 4.07. The fraction of sp³-hybridized carbons (Fsp3) is 0.0909. The maximum Gasteiger partial charge on any atom is 0.0998 e. The molecular formula is C11H8N2. The molecule has 2 rings (SSSR count). The fourth-order valence-corrected chi connectivity index (χ4v) is 1.38. The molecule has 1 heterocycles. The maximum absolute atomic E-state index is 8.83. The van der Waals surface area contributed by atoms with Crippen LogP contribution in [0.3, 0.4) is 0 Å². The van der Waals surface area contributed by atoms with Crippen molar-refractivity contribution in [1.82, 2.24) is 4.98 Å². The Hall–Kier alpha value is -1.88. The van der Waals surface area contributed by atoms with E-state index in [0.717, 1.165) is 16.5 Å². The van der Waals surface area contributed by atoms with Gasteiger partial charge >= 0.3 is 0 Å². The third kappa shape index (κ3) is 1.25. The van der Waals surface area contributed by atoms with Crippen LogP contribution in [0.5, 0.6) is 0 Å². The Balaban J connectivity index is 2.87. The van der Waals surface area contributed by atoms with Crippen LogP contribution in [0.2, 0.25) is 0 Å². The number of benzene rings is 1. The maximum atomic E-state index is 8.83. The molecule has 13 heavy (non-hydrogen) atoms. The van der Waals surface area contributed by atoms with Gasteiger partial charge in [0.05, 0.1) is 11.6 Å². The number of nitriles is 1. The first kappa shape index (κ1) is 7.75. The molecule has 1 aromatic heterocycles. The summed E-state index contributed by atoms with van der Waals surface area (Å²) in [6.45, 7) is 1.94. The molecule has 0 N–H and O–H groups in total. The third-order valence-electron chi connectivity index (χ3n) is 2.02. The molecule has 0 radical (unpaired) electrons. The van der Waals surface area contributed by atoms with Gasteiger partial charge in [0.1, 0.15) is 0 Å². The van der Waals surface area contributed by atoms with Crippen LogP contribution in [0.4, 0.5) is 0 Å². The van der Waals surface area contributed by atoms with Crippen LogP contribution in [0.1, 0.15) is 11.3 Å². The Morgan fingerprint density at radius 1 is 1.38 bits per heavy atom. The molecule has 2 heteroatoms. The minimum Gasteiger partial charge on any atom is -0.261 e. The van der Waals surface area contributed by atoms with Gasteiger partial charge in [0, 0.05) is 17.3 Å². The van der Waals surface area contributed by atoms with Crippen molar-refractivity contribution in [3.8, 4) is 6.07 Å². The fourth-order valence-electron chi connectivity index (χ4n) is 1.38. The van der Waals surface area contributed by atoms with Gasteiger partial charge in [-0.1, -0.05) is 12.1 Å². The van der Waals surface area contributed by atoms with Gasteiger partial charge < -0.3 is 0 Å². The summed E-state index contributed by atoms with van der Waals surface area (Å²) in [4.78, 5) is 4.16. The van der Waals surface area contributed by atoms with Gasteiger partial charge in [0.25, 0.3) is 0 Å². The molecule has 0 aliphatic rings. The zero-order valence-corrected chi connectivity index (χ0v) is 7.28. The van der Waals surface area contributed by atoms with E-state index < -0.39 is 0 Å². The number of hydrogen-bond acceptors (Lipinski definition) is 2. The van der Waals surface area contributed by atoms with Crippen molar-refractivity contribution >= 4 is 10.8 Å². The van der Waals surface area contributed by atoms with Crippen molar-refractivity contribution in [2.75, 3.05) is 0 Å². The summed E-state index contributed by atoms with van der Waals surface area (Å²) < 4.78 is 0. The van der Waals surface area contributed by atoms with Gasteiger partial charge in [-0.15, -0.1) is 0 Å². The highest BCUT2D eigenvalue weighted by Crippen LogP contribution is 2.17. The largest absolute Gasteiger partial charge is 0.261 e. The van der Waals surface area contributed by atoms with Gasteiger partial charge in [-0.2, -0.15) is 5.26 Å². The highest BCUT2D eigenvalue weighted by molar-refractivity contribution is 5.87. The molecule has 2 nitrogen and oxygen atoms in total. The summed E-state index contributed by atoms with van der Waals surface area (Å²) in [5, 5.41) is 10.8. The summed E-state index contributed by atoms with van der Waals surface area (Å²) >= 11 is 0. The van der Waals surface area contributed by atoms with E-state index in [-0.39, 0.29) is 0 Å². The molecule has 0 fully saturated rings. The first-order valence-electron chi connectivity index (χ1n) is 4.07. The molecular weight excluding hydrogens is 160 g/mol. The molecule has 0 spiro atoms. The second kappa shape index (κ2) is 2.87. The molecule has 0 aliphatic heterocycles. The molecule has 0 saturated heterocycles. The van der Waals surface area contributed by atoms with Crippen molar-refractivity contribution in [2.24, 2.45) is 0 Å². The first-order chi connectivity index (χ1) is 6.31. The average molecular weight is 168 g/mol. The number of fused-ring (bicyclic) bond motifs is 1. The predicted molar refractivity (Wildman–Crippen MR) is 51.2 cm³/mol. The van der Waals surface area contributed by atoms with Crippen LogP contribution in [0, 0.1) is 18.3 Å². The molecule has 0 bridgehead atoms. The Bertz CT molecular complexity index is 495. The molecule has 0 unspecified atom stereocenters. The molecule has 0 aliphatic carbocycles. The van der Waals surface area contributed by atoms with Crippen molar-refractivity contribution in [3.63, 3.8) is 0 Å². The lowest BCUT2D eigenvalue weighted by atomic mass is 10.1. The van der Waals surface area contributed by atoms with E-state index in [2.05, 4.69) is 11.1 Å². The third-order valence-corrected chi connectivity index (χ3v) is 2.02. The molecule has 0 atom stereocenters. The van der Waals surface area contributed by atoms with Crippen LogP contribution in [0.15, 0.2) is 30.5 Å². The second-order valence-corrected chi connectivity index (χ2v) is 2.96. The Kier molecular flexibility index (Phi) is 1.71. The summed E-state index contributed by atoms with van der Waals surface area (Å²) in [7, 11) is 0. The number of pyridine rings is 1. The van der Waals surface area contributed by atoms with Crippen LogP contribution in [-0.2, 0) is 0 Å². The molecule has 1 aromatic carbocycles. The Morgan fingerprint density at radius 2 is 2.23 bits per heavy atom. The number of rotatable bonds is 0. The summed E-state index contributed by atoms with van der Waals surface area (Å²) in [5.41, 5.74) is 1.66. The van der Waals surface area contributed by atoms with Crippen LogP contribution < -0.4 is 0 Å². The zero-order valence-electron chi connectivity index (χ0n) is 7.28. The molecule has 0 saturated carbocycles. The number of aryl methyl sites for hydroxylation is 1. The van der Waals surface area contributed by atoms with Gasteiger partial charge in [-0.05, 0) is 24.4 Å². The Morgan fingerprint density at radius 3 is 3.00 bits per heavy atom. The highest BCUT2D eigenvalue weighted by Gasteiger charge is 1.99. The molecule has 0 amide bonds. The average Bonchev–Trinajstić information content (AvgIpc) is 2.16. The lowest BCUT2D eigenvalue weighted by Gasteiger charge is -1.99. The quantitative estimate of drug-likeness (QED) is 0.605. The summed E-state index contributed by atoms with van der Waals surface area (Å²) in [6.07, 6.45) is 1.75.